The van der Waals surface area contributed by atoms with E-state index < -0.39 is 8.07 Å². The smallest absolute Gasteiger partial charge is 0.0753 e. The lowest BCUT2D eigenvalue weighted by molar-refractivity contribution is 0.212. The molecule has 0 saturated carbocycles. The van der Waals surface area contributed by atoms with E-state index in [-0.39, 0.29) is 6.10 Å². The fraction of sp³-hybridized carbons (Fsp3) is 0.800. The number of aliphatic hydroxyl groups is 1. The van der Waals surface area contributed by atoms with Crippen LogP contribution in [-0.4, -0.2) is 19.3 Å². The third kappa shape index (κ3) is 3.54. The standard InChI is InChI=1S/C10H22OSi/c1-6-8-10(9(11)7-2)12(3,4)5/h8-9,11H,6-7H2,1-5H3/b10-8-/t9-/m1/s1. The molecular weight excluding hydrogens is 164 g/mol. The summed E-state index contributed by atoms with van der Waals surface area (Å²) in [5.41, 5.74) is 0. The average Bonchev–Trinajstić information content (AvgIpc) is 1.96. The molecule has 2 heteroatoms. The van der Waals surface area contributed by atoms with Gasteiger partial charge < -0.3 is 5.11 Å². The van der Waals surface area contributed by atoms with Crippen molar-refractivity contribution in [2.45, 2.75) is 52.4 Å². The first-order chi connectivity index (χ1) is 5.43. The predicted octanol–water partition coefficient (Wildman–Crippen LogP) is 2.97. The summed E-state index contributed by atoms with van der Waals surface area (Å²) in [7, 11) is -1.28. The van der Waals surface area contributed by atoms with Crippen LogP contribution >= 0.6 is 0 Å². The molecule has 0 aliphatic rings. The summed E-state index contributed by atoms with van der Waals surface area (Å²) in [5, 5.41) is 11.1. The number of hydrogen-bond donors (Lipinski definition) is 1. The second-order valence-corrected chi connectivity index (χ2v) is 9.32. The second-order valence-electron chi connectivity index (χ2n) is 4.24. The van der Waals surface area contributed by atoms with Crippen molar-refractivity contribution in [3.63, 3.8) is 0 Å². The molecular formula is C10H22OSi. The Morgan fingerprint density at radius 3 is 2.08 bits per heavy atom. The molecule has 0 bridgehead atoms. The molecule has 0 aliphatic carbocycles. The summed E-state index contributed by atoms with van der Waals surface area (Å²) in [6, 6.07) is 0. The van der Waals surface area contributed by atoms with E-state index in [0.29, 0.717) is 0 Å². The molecule has 1 nitrogen and oxygen atoms in total. The normalized spacial score (nSPS) is 16.3. The Bertz CT molecular complexity index is 156. The van der Waals surface area contributed by atoms with Crippen molar-refractivity contribution >= 4 is 8.07 Å². The van der Waals surface area contributed by atoms with Crippen molar-refractivity contribution in [2.24, 2.45) is 0 Å². The summed E-state index contributed by atoms with van der Waals surface area (Å²) >= 11 is 0. The molecule has 0 aromatic rings. The molecule has 0 amide bonds. The summed E-state index contributed by atoms with van der Waals surface area (Å²) < 4.78 is 0. The largest absolute Gasteiger partial charge is 0.389 e. The van der Waals surface area contributed by atoms with Gasteiger partial charge in [-0.3, -0.25) is 0 Å². The molecule has 72 valence electrons. The van der Waals surface area contributed by atoms with Gasteiger partial charge in [0.2, 0.25) is 0 Å². The van der Waals surface area contributed by atoms with Crippen molar-refractivity contribution in [3.05, 3.63) is 11.3 Å². The molecule has 0 heterocycles. The highest BCUT2D eigenvalue weighted by molar-refractivity contribution is 6.83. The first-order valence-corrected chi connectivity index (χ1v) is 8.32. The van der Waals surface area contributed by atoms with Gasteiger partial charge in [-0.05, 0) is 12.8 Å². The van der Waals surface area contributed by atoms with E-state index in [4.69, 9.17) is 0 Å². The molecule has 0 radical (unpaired) electrons. The first kappa shape index (κ1) is 11.9. The van der Waals surface area contributed by atoms with Gasteiger partial charge in [-0.25, -0.2) is 0 Å². The highest BCUT2D eigenvalue weighted by atomic mass is 28.3. The highest BCUT2D eigenvalue weighted by Crippen LogP contribution is 2.20. The van der Waals surface area contributed by atoms with Crippen LogP contribution in [0.2, 0.25) is 19.6 Å². The van der Waals surface area contributed by atoms with Gasteiger partial charge in [0.25, 0.3) is 0 Å². The molecule has 0 fully saturated rings. The van der Waals surface area contributed by atoms with Crippen LogP contribution in [0.3, 0.4) is 0 Å². The minimum absolute atomic E-state index is 0.198. The SMILES string of the molecule is CC/C=C(/[C@H](O)CC)[Si](C)(C)C. The zero-order chi connectivity index (χ0) is 9.78. The molecule has 0 spiro atoms. The van der Waals surface area contributed by atoms with E-state index in [1.165, 1.54) is 5.20 Å². The minimum atomic E-state index is -1.28. The van der Waals surface area contributed by atoms with Crippen LogP contribution in [0.25, 0.3) is 0 Å². The second kappa shape index (κ2) is 4.82. The molecule has 0 rings (SSSR count). The molecule has 1 N–H and O–H groups in total. The summed E-state index contributed by atoms with van der Waals surface area (Å²) in [4.78, 5) is 0. The van der Waals surface area contributed by atoms with Gasteiger partial charge in [0.05, 0.1) is 14.2 Å². The fourth-order valence-corrected chi connectivity index (χ4v) is 3.40. The Balaban J connectivity index is 4.56. The van der Waals surface area contributed by atoms with Crippen molar-refractivity contribution < 1.29 is 5.11 Å². The van der Waals surface area contributed by atoms with Crippen LogP contribution in [0.1, 0.15) is 26.7 Å². The van der Waals surface area contributed by atoms with Crippen molar-refractivity contribution in [1.29, 1.82) is 0 Å². The summed E-state index contributed by atoms with van der Waals surface area (Å²) in [6.45, 7) is 11.0. The zero-order valence-electron chi connectivity index (χ0n) is 9.02. The molecule has 0 aromatic heterocycles. The predicted molar refractivity (Wildman–Crippen MR) is 58.0 cm³/mol. The molecule has 12 heavy (non-hydrogen) atoms. The highest BCUT2D eigenvalue weighted by Gasteiger charge is 2.23. The van der Waals surface area contributed by atoms with Gasteiger partial charge in [0.1, 0.15) is 0 Å². The van der Waals surface area contributed by atoms with Crippen LogP contribution in [0.4, 0.5) is 0 Å². The molecule has 0 aliphatic heterocycles. The number of rotatable bonds is 4. The first-order valence-electron chi connectivity index (χ1n) is 4.82. The Hall–Kier alpha value is -0.0831. The van der Waals surface area contributed by atoms with Crippen molar-refractivity contribution in [2.75, 3.05) is 0 Å². The van der Waals surface area contributed by atoms with Gasteiger partial charge in [-0.2, -0.15) is 0 Å². The quantitative estimate of drug-likeness (QED) is 0.669. The van der Waals surface area contributed by atoms with Crippen molar-refractivity contribution in [1.82, 2.24) is 0 Å². The Kier molecular flexibility index (Phi) is 4.79. The number of aliphatic hydroxyl groups excluding tert-OH is 1. The minimum Gasteiger partial charge on any atom is -0.389 e. The van der Waals surface area contributed by atoms with Crippen LogP contribution in [0, 0.1) is 0 Å². The van der Waals surface area contributed by atoms with Gasteiger partial charge in [-0.15, -0.1) is 0 Å². The van der Waals surface area contributed by atoms with E-state index in [0.717, 1.165) is 12.8 Å². The maximum Gasteiger partial charge on any atom is 0.0753 e. The Morgan fingerprint density at radius 1 is 1.33 bits per heavy atom. The third-order valence-electron chi connectivity index (χ3n) is 2.04. The topological polar surface area (TPSA) is 20.2 Å². The molecule has 0 saturated heterocycles. The van der Waals surface area contributed by atoms with Gasteiger partial charge in [0.15, 0.2) is 0 Å². The third-order valence-corrected chi connectivity index (χ3v) is 4.31. The summed E-state index contributed by atoms with van der Waals surface area (Å²) in [5.74, 6) is 0. The lowest BCUT2D eigenvalue weighted by Gasteiger charge is -2.25. The Labute approximate surface area is 77.5 Å². The van der Waals surface area contributed by atoms with E-state index in [1.807, 2.05) is 6.92 Å². The lowest BCUT2D eigenvalue weighted by Crippen LogP contribution is -2.31. The van der Waals surface area contributed by atoms with Gasteiger partial charge in [0, 0.05) is 0 Å². The van der Waals surface area contributed by atoms with Crippen LogP contribution < -0.4 is 0 Å². The van der Waals surface area contributed by atoms with E-state index in [2.05, 4.69) is 32.6 Å². The zero-order valence-corrected chi connectivity index (χ0v) is 10.0. The van der Waals surface area contributed by atoms with E-state index in [9.17, 15) is 5.11 Å². The monoisotopic (exact) mass is 186 g/mol. The fourth-order valence-electron chi connectivity index (χ4n) is 1.38. The van der Waals surface area contributed by atoms with E-state index >= 15 is 0 Å². The number of allylic oxidation sites excluding steroid dienone is 1. The van der Waals surface area contributed by atoms with Crippen molar-refractivity contribution in [3.8, 4) is 0 Å². The number of hydrogen-bond acceptors (Lipinski definition) is 1. The lowest BCUT2D eigenvalue weighted by atomic mass is 10.2. The van der Waals surface area contributed by atoms with Crippen LogP contribution in [0.15, 0.2) is 11.3 Å². The maximum absolute atomic E-state index is 9.75. The molecule has 0 aromatic carbocycles. The maximum atomic E-state index is 9.75. The van der Waals surface area contributed by atoms with Gasteiger partial charge >= 0.3 is 0 Å². The average molecular weight is 186 g/mol. The summed E-state index contributed by atoms with van der Waals surface area (Å²) in [6.07, 6.45) is 3.89. The Morgan fingerprint density at radius 2 is 1.83 bits per heavy atom. The van der Waals surface area contributed by atoms with Crippen LogP contribution in [0.5, 0.6) is 0 Å². The van der Waals surface area contributed by atoms with E-state index in [1.54, 1.807) is 0 Å². The molecule has 1 atom stereocenters. The molecule has 0 unspecified atom stereocenters. The van der Waals surface area contributed by atoms with Gasteiger partial charge in [-0.1, -0.05) is 44.8 Å². The van der Waals surface area contributed by atoms with Crippen LogP contribution in [-0.2, 0) is 0 Å².